The van der Waals surface area contributed by atoms with Crippen molar-refractivity contribution < 1.29 is 14.2 Å². The molecule has 0 bridgehead atoms. The monoisotopic (exact) mass is 351 g/mol. The fourth-order valence-corrected chi connectivity index (χ4v) is 2.65. The summed E-state index contributed by atoms with van der Waals surface area (Å²) in [6.45, 7) is 3.91. The van der Waals surface area contributed by atoms with E-state index < -0.39 is 0 Å². The Hall–Kier alpha value is -2.11. The maximum Gasteiger partial charge on any atom is 0.203 e. The second-order valence-electron chi connectivity index (χ2n) is 5.73. The van der Waals surface area contributed by atoms with Crippen molar-refractivity contribution in [2.24, 2.45) is 4.99 Å². The Morgan fingerprint density at radius 1 is 0.920 bits per heavy atom. The molecule has 142 valence electrons. The Labute approximate surface area is 152 Å². The summed E-state index contributed by atoms with van der Waals surface area (Å²) in [4.78, 5) is 4.26. The van der Waals surface area contributed by atoms with E-state index in [0.717, 1.165) is 37.5 Å². The fraction of sp³-hybridized carbons (Fsp3) is 0.632. The summed E-state index contributed by atoms with van der Waals surface area (Å²) in [5.74, 6) is 2.84. The lowest BCUT2D eigenvalue weighted by Gasteiger charge is -2.16. The molecule has 1 aromatic rings. The Balaban J connectivity index is 2.54. The third-order valence-corrected chi connectivity index (χ3v) is 4.02. The number of hydrogen-bond donors (Lipinski definition) is 2. The van der Waals surface area contributed by atoms with Gasteiger partial charge in [0.1, 0.15) is 0 Å². The highest BCUT2D eigenvalue weighted by Gasteiger charge is 2.15. The number of aliphatic imine (C=N–C) groups is 1. The average molecular weight is 351 g/mol. The number of benzene rings is 1. The van der Waals surface area contributed by atoms with Crippen molar-refractivity contribution in [2.45, 2.75) is 39.0 Å². The van der Waals surface area contributed by atoms with E-state index in [1.807, 2.05) is 12.1 Å². The molecule has 0 unspecified atom stereocenters. The molecule has 1 aromatic carbocycles. The van der Waals surface area contributed by atoms with Gasteiger partial charge in [0.25, 0.3) is 0 Å². The number of unbranched alkanes of at least 4 members (excludes halogenated alkanes) is 3. The van der Waals surface area contributed by atoms with E-state index in [-0.39, 0.29) is 0 Å². The molecule has 6 nitrogen and oxygen atoms in total. The molecule has 0 saturated carbocycles. The number of methoxy groups -OCH3 is 3. The first-order valence-electron chi connectivity index (χ1n) is 8.94. The van der Waals surface area contributed by atoms with E-state index in [9.17, 15) is 0 Å². The highest BCUT2D eigenvalue weighted by Crippen LogP contribution is 2.39. The molecule has 0 atom stereocenters. The molecule has 25 heavy (non-hydrogen) atoms. The van der Waals surface area contributed by atoms with Crippen molar-refractivity contribution >= 4 is 5.96 Å². The maximum absolute atomic E-state index is 5.52. The van der Waals surface area contributed by atoms with Gasteiger partial charge in [-0.2, -0.15) is 0 Å². The summed E-state index contributed by atoms with van der Waals surface area (Å²) in [6.07, 6.45) is 5.74. The van der Waals surface area contributed by atoms with Crippen molar-refractivity contribution in [1.29, 1.82) is 0 Å². The molecule has 0 fully saturated rings. The van der Waals surface area contributed by atoms with Crippen LogP contribution < -0.4 is 24.8 Å². The normalized spacial score (nSPS) is 11.2. The molecule has 0 aliphatic carbocycles. The van der Waals surface area contributed by atoms with Gasteiger partial charge in [0.2, 0.25) is 5.75 Å². The van der Waals surface area contributed by atoms with Crippen molar-refractivity contribution in [1.82, 2.24) is 10.6 Å². The smallest absolute Gasteiger partial charge is 0.203 e. The predicted octanol–water partition coefficient (Wildman–Crippen LogP) is 3.00. The predicted molar refractivity (Wildman–Crippen MR) is 103 cm³/mol. The van der Waals surface area contributed by atoms with Crippen LogP contribution in [0.4, 0.5) is 0 Å². The first kappa shape index (κ1) is 20.9. The Morgan fingerprint density at radius 3 is 2.24 bits per heavy atom. The number of hydrogen-bond acceptors (Lipinski definition) is 4. The SMILES string of the molecule is CCCCCCNC(=NC)NCCc1ccc(OC)c(OC)c1OC. The Bertz CT molecular complexity index is 533. The summed E-state index contributed by atoms with van der Waals surface area (Å²) >= 11 is 0. The van der Waals surface area contributed by atoms with Crippen LogP contribution in [0.15, 0.2) is 17.1 Å². The van der Waals surface area contributed by atoms with Gasteiger partial charge in [0, 0.05) is 25.7 Å². The van der Waals surface area contributed by atoms with Crippen LogP contribution in [-0.2, 0) is 6.42 Å². The van der Waals surface area contributed by atoms with Crippen LogP contribution in [-0.4, -0.2) is 47.4 Å². The van der Waals surface area contributed by atoms with Crippen LogP contribution in [0.5, 0.6) is 17.2 Å². The summed E-state index contributed by atoms with van der Waals surface area (Å²) in [5.41, 5.74) is 1.06. The minimum Gasteiger partial charge on any atom is -0.493 e. The minimum absolute atomic E-state index is 0.626. The maximum atomic E-state index is 5.52. The van der Waals surface area contributed by atoms with Gasteiger partial charge in [-0.1, -0.05) is 32.3 Å². The first-order valence-corrected chi connectivity index (χ1v) is 8.94. The van der Waals surface area contributed by atoms with Gasteiger partial charge < -0.3 is 24.8 Å². The molecule has 2 N–H and O–H groups in total. The lowest BCUT2D eigenvalue weighted by Crippen LogP contribution is -2.38. The molecule has 0 aliphatic heterocycles. The molecule has 0 amide bonds. The molecule has 6 heteroatoms. The quantitative estimate of drug-likeness (QED) is 0.364. The second-order valence-corrected chi connectivity index (χ2v) is 5.73. The van der Waals surface area contributed by atoms with Crippen LogP contribution >= 0.6 is 0 Å². The van der Waals surface area contributed by atoms with E-state index in [2.05, 4.69) is 22.5 Å². The van der Waals surface area contributed by atoms with Gasteiger partial charge in [-0.25, -0.2) is 0 Å². The van der Waals surface area contributed by atoms with Gasteiger partial charge in [0.15, 0.2) is 17.5 Å². The van der Waals surface area contributed by atoms with E-state index in [0.29, 0.717) is 17.2 Å². The van der Waals surface area contributed by atoms with E-state index >= 15 is 0 Å². The molecule has 0 aliphatic rings. The van der Waals surface area contributed by atoms with Crippen molar-refractivity contribution in [3.8, 4) is 17.2 Å². The molecule has 0 spiro atoms. The number of rotatable bonds is 11. The zero-order valence-corrected chi connectivity index (χ0v) is 16.3. The minimum atomic E-state index is 0.626. The second kappa shape index (κ2) is 12.3. The molecule has 0 aromatic heterocycles. The van der Waals surface area contributed by atoms with E-state index in [1.165, 1.54) is 19.3 Å². The zero-order chi connectivity index (χ0) is 18.5. The number of nitrogens with one attached hydrogen (secondary N) is 2. The Morgan fingerprint density at radius 2 is 1.64 bits per heavy atom. The third-order valence-electron chi connectivity index (χ3n) is 4.02. The summed E-state index contributed by atoms with van der Waals surface area (Å²) in [6, 6.07) is 3.90. The molecular weight excluding hydrogens is 318 g/mol. The Kier molecular flexibility index (Phi) is 10.3. The van der Waals surface area contributed by atoms with E-state index in [1.54, 1.807) is 28.4 Å². The summed E-state index contributed by atoms with van der Waals surface area (Å²) in [7, 11) is 6.67. The number of ether oxygens (including phenoxy) is 3. The van der Waals surface area contributed by atoms with E-state index in [4.69, 9.17) is 14.2 Å². The largest absolute Gasteiger partial charge is 0.493 e. The van der Waals surface area contributed by atoms with Crippen molar-refractivity contribution in [3.05, 3.63) is 17.7 Å². The van der Waals surface area contributed by atoms with Gasteiger partial charge in [0.05, 0.1) is 21.3 Å². The van der Waals surface area contributed by atoms with Crippen LogP contribution in [0, 0.1) is 0 Å². The summed E-state index contributed by atoms with van der Waals surface area (Å²) < 4.78 is 16.3. The molecule has 0 saturated heterocycles. The first-order chi connectivity index (χ1) is 12.2. The van der Waals surface area contributed by atoms with Gasteiger partial charge in [-0.3, -0.25) is 4.99 Å². The van der Waals surface area contributed by atoms with Crippen molar-refractivity contribution in [2.75, 3.05) is 41.5 Å². The van der Waals surface area contributed by atoms with Crippen LogP contribution in [0.1, 0.15) is 38.2 Å². The standard InChI is InChI=1S/C19H33N3O3/c1-6-7-8-9-13-21-19(20-2)22-14-12-15-10-11-16(23-3)18(25-5)17(15)24-4/h10-11H,6-9,12-14H2,1-5H3,(H2,20,21,22). The average Bonchev–Trinajstić information content (AvgIpc) is 2.65. The van der Waals surface area contributed by atoms with Crippen LogP contribution in [0.25, 0.3) is 0 Å². The lowest BCUT2D eigenvalue weighted by molar-refractivity contribution is 0.322. The van der Waals surface area contributed by atoms with Crippen molar-refractivity contribution in [3.63, 3.8) is 0 Å². The molecule has 0 radical (unpaired) electrons. The van der Waals surface area contributed by atoms with Gasteiger partial charge in [-0.15, -0.1) is 0 Å². The third kappa shape index (κ3) is 6.72. The van der Waals surface area contributed by atoms with Gasteiger partial charge in [-0.05, 0) is 18.9 Å². The number of nitrogens with zero attached hydrogens (tertiary/aromatic N) is 1. The van der Waals surface area contributed by atoms with Gasteiger partial charge >= 0.3 is 0 Å². The highest BCUT2D eigenvalue weighted by molar-refractivity contribution is 5.79. The molecular formula is C19H33N3O3. The highest BCUT2D eigenvalue weighted by atomic mass is 16.5. The molecule has 0 heterocycles. The van der Waals surface area contributed by atoms with Crippen LogP contribution in [0.2, 0.25) is 0 Å². The lowest BCUT2D eigenvalue weighted by atomic mass is 10.1. The topological polar surface area (TPSA) is 64.1 Å². The molecule has 1 rings (SSSR count). The summed E-state index contributed by atoms with van der Waals surface area (Å²) in [5, 5.41) is 6.68. The number of guanidine groups is 1. The fourth-order valence-electron chi connectivity index (χ4n) is 2.65. The zero-order valence-electron chi connectivity index (χ0n) is 16.3. The van der Waals surface area contributed by atoms with Crippen LogP contribution in [0.3, 0.4) is 0 Å².